The molecule has 0 atom stereocenters. The van der Waals surface area contributed by atoms with Crippen LogP contribution < -0.4 is 0 Å². The van der Waals surface area contributed by atoms with E-state index in [4.69, 9.17) is 16.9 Å². The molecule has 0 unspecified atom stereocenters. The van der Waals surface area contributed by atoms with Gasteiger partial charge in [0.25, 0.3) is 0 Å². The highest BCUT2D eigenvalue weighted by molar-refractivity contribution is 6.31. The first-order chi connectivity index (χ1) is 6.29. The zero-order valence-corrected chi connectivity index (χ0v) is 7.55. The molecule has 2 aromatic rings. The third-order valence-corrected chi connectivity index (χ3v) is 2.17. The van der Waals surface area contributed by atoms with Gasteiger partial charge in [-0.1, -0.05) is 23.7 Å². The van der Waals surface area contributed by atoms with E-state index in [0.717, 1.165) is 10.8 Å². The summed E-state index contributed by atoms with van der Waals surface area (Å²) in [4.78, 5) is 0. The minimum atomic E-state index is 0.662. The monoisotopic (exact) mass is 187 g/mol. The van der Waals surface area contributed by atoms with Gasteiger partial charge in [0.2, 0.25) is 0 Å². The minimum Gasteiger partial charge on any atom is -0.192 e. The summed E-state index contributed by atoms with van der Waals surface area (Å²) in [5, 5.41) is 11.5. The second kappa shape index (κ2) is 3.08. The van der Waals surface area contributed by atoms with Gasteiger partial charge < -0.3 is 0 Å². The molecule has 0 bridgehead atoms. The summed E-state index contributed by atoms with van der Waals surface area (Å²) in [6, 6.07) is 13.3. The van der Waals surface area contributed by atoms with Crippen molar-refractivity contribution >= 4 is 22.4 Å². The van der Waals surface area contributed by atoms with E-state index in [1.165, 1.54) is 0 Å². The molecule has 0 N–H and O–H groups in total. The van der Waals surface area contributed by atoms with Crippen LogP contribution in [0.5, 0.6) is 0 Å². The van der Waals surface area contributed by atoms with Crippen LogP contribution in [0.1, 0.15) is 5.56 Å². The van der Waals surface area contributed by atoms with E-state index in [1.54, 1.807) is 6.07 Å². The molecule has 0 spiro atoms. The topological polar surface area (TPSA) is 23.8 Å². The number of benzene rings is 2. The largest absolute Gasteiger partial charge is 0.192 e. The second-order valence-electron chi connectivity index (χ2n) is 2.82. The summed E-state index contributed by atoms with van der Waals surface area (Å²) in [6.07, 6.45) is 0. The maximum Gasteiger partial charge on any atom is 0.0991 e. The van der Waals surface area contributed by atoms with E-state index in [0.29, 0.717) is 10.6 Å². The molecule has 13 heavy (non-hydrogen) atoms. The fourth-order valence-electron chi connectivity index (χ4n) is 1.29. The van der Waals surface area contributed by atoms with Gasteiger partial charge in [0, 0.05) is 5.02 Å². The van der Waals surface area contributed by atoms with Crippen molar-refractivity contribution in [2.24, 2.45) is 0 Å². The number of fused-ring (bicyclic) bond motifs is 1. The third kappa shape index (κ3) is 1.49. The molecular weight excluding hydrogens is 182 g/mol. The molecule has 0 aliphatic rings. The molecule has 62 valence electrons. The van der Waals surface area contributed by atoms with Crippen LogP contribution in [0.25, 0.3) is 10.8 Å². The number of hydrogen-bond acceptors (Lipinski definition) is 1. The molecule has 0 aromatic heterocycles. The van der Waals surface area contributed by atoms with Crippen LogP contribution in [0.3, 0.4) is 0 Å². The Morgan fingerprint density at radius 2 is 1.77 bits per heavy atom. The van der Waals surface area contributed by atoms with Crippen LogP contribution in [0, 0.1) is 11.3 Å². The van der Waals surface area contributed by atoms with E-state index >= 15 is 0 Å². The predicted molar refractivity (Wildman–Crippen MR) is 53.7 cm³/mol. The Morgan fingerprint density at radius 1 is 1.00 bits per heavy atom. The Hall–Kier alpha value is -1.52. The second-order valence-corrected chi connectivity index (χ2v) is 3.25. The lowest BCUT2D eigenvalue weighted by molar-refractivity contribution is 1.50. The Balaban J connectivity index is 2.77. The number of nitriles is 1. The Bertz CT molecular complexity index is 497. The number of hydrogen-bond donors (Lipinski definition) is 0. The average molecular weight is 188 g/mol. The van der Waals surface area contributed by atoms with Crippen LogP contribution in [0.15, 0.2) is 36.4 Å². The van der Waals surface area contributed by atoms with Crippen molar-refractivity contribution in [1.29, 1.82) is 5.26 Å². The molecule has 2 rings (SSSR count). The first-order valence-corrected chi connectivity index (χ1v) is 4.27. The van der Waals surface area contributed by atoms with Gasteiger partial charge in [0.15, 0.2) is 0 Å². The first kappa shape index (κ1) is 8.10. The summed E-state index contributed by atoms with van der Waals surface area (Å²) in [7, 11) is 0. The molecule has 0 saturated carbocycles. The van der Waals surface area contributed by atoms with E-state index in [1.807, 2.05) is 30.3 Å². The van der Waals surface area contributed by atoms with Gasteiger partial charge in [-0.25, -0.2) is 0 Å². The molecule has 0 radical (unpaired) electrons. The standard InChI is InChI=1S/C11H6ClN/c12-11-4-3-9-2-1-8(7-13)5-10(9)6-11/h1-6H. The molecule has 1 nitrogen and oxygen atoms in total. The molecule has 0 aliphatic carbocycles. The van der Waals surface area contributed by atoms with Gasteiger partial charge in [-0.3, -0.25) is 0 Å². The van der Waals surface area contributed by atoms with Crippen molar-refractivity contribution in [3.05, 3.63) is 47.0 Å². The van der Waals surface area contributed by atoms with Crippen LogP contribution in [0.4, 0.5) is 0 Å². The van der Waals surface area contributed by atoms with Crippen molar-refractivity contribution in [2.75, 3.05) is 0 Å². The number of nitrogens with zero attached hydrogens (tertiary/aromatic N) is 1. The molecule has 0 amide bonds. The molecule has 0 aliphatic heterocycles. The molecular formula is C11H6ClN. The summed E-state index contributed by atoms with van der Waals surface area (Å²) < 4.78 is 0. The Morgan fingerprint density at radius 3 is 2.54 bits per heavy atom. The van der Waals surface area contributed by atoms with Gasteiger partial charge >= 0.3 is 0 Å². The smallest absolute Gasteiger partial charge is 0.0991 e. The van der Waals surface area contributed by atoms with Gasteiger partial charge in [-0.2, -0.15) is 5.26 Å². The zero-order valence-electron chi connectivity index (χ0n) is 6.79. The van der Waals surface area contributed by atoms with Crippen LogP contribution in [-0.2, 0) is 0 Å². The minimum absolute atomic E-state index is 0.662. The van der Waals surface area contributed by atoms with Crippen LogP contribution in [0.2, 0.25) is 5.02 Å². The summed E-state index contributed by atoms with van der Waals surface area (Å²) in [5.41, 5.74) is 0.662. The lowest BCUT2D eigenvalue weighted by Gasteiger charge is -1.97. The predicted octanol–water partition coefficient (Wildman–Crippen LogP) is 3.36. The number of halogens is 1. The maximum absolute atomic E-state index is 8.68. The lowest BCUT2D eigenvalue weighted by Crippen LogP contribution is -1.76. The van der Waals surface area contributed by atoms with Crippen LogP contribution in [-0.4, -0.2) is 0 Å². The summed E-state index contributed by atoms with van der Waals surface area (Å²) in [5.74, 6) is 0. The molecule has 0 heterocycles. The Kier molecular flexibility index (Phi) is 1.92. The van der Waals surface area contributed by atoms with Crippen LogP contribution >= 0.6 is 11.6 Å². The van der Waals surface area contributed by atoms with E-state index in [9.17, 15) is 0 Å². The molecule has 2 heteroatoms. The van der Waals surface area contributed by atoms with E-state index in [-0.39, 0.29) is 0 Å². The Labute approximate surface area is 81.2 Å². The van der Waals surface area contributed by atoms with Crippen molar-refractivity contribution < 1.29 is 0 Å². The highest BCUT2D eigenvalue weighted by atomic mass is 35.5. The van der Waals surface area contributed by atoms with E-state index in [2.05, 4.69) is 6.07 Å². The van der Waals surface area contributed by atoms with Gasteiger partial charge in [-0.05, 0) is 35.0 Å². The third-order valence-electron chi connectivity index (χ3n) is 1.93. The van der Waals surface area contributed by atoms with Crippen molar-refractivity contribution in [3.8, 4) is 6.07 Å². The highest BCUT2D eigenvalue weighted by Crippen LogP contribution is 2.20. The van der Waals surface area contributed by atoms with Crippen molar-refractivity contribution in [3.63, 3.8) is 0 Å². The van der Waals surface area contributed by atoms with Gasteiger partial charge in [-0.15, -0.1) is 0 Å². The fraction of sp³-hybridized carbons (Fsp3) is 0. The quantitative estimate of drug-likeness (QED) is 0.621. The fourth-order valence-corrected chi connectivity index (χ4v) is 1.47. The van der Waals surface area contributed by atoms with E-state index < -0.39 is 0 Å². The zero-order chi connectivity index (χ0) is 9.26. The molecule has 2 aromatic carbocycles. The van der Waals surface area contributed by atoms with Crippen molar-refractivity contribution in [1.82, 2.24) is 0 Å². The highest BCUT2D eigenvalue weighted by Gasteiger charge is 1.96. The lowest BCUT2D eigenvalue weighted by atomic mass is 10.1. The first-order valence-electron chi connectivity index (χ1n) is 3.89. The molecule has 0 saturated heterocycles. The average Bonchev–Trinajstić information content (AvgIpc) is 2.16. The summed E-state index contributed by atoms with van der Waals surface area (Å²) >= 11 is 5.83. The SMILES string of the molecule is N#Cc1ccc2ccc(Cl)cc2c1. The maximum atomic E-state index is 8.68. The molecule has 0 fully saturated rings. The van der Waals surface area contributed by atoms with Crippen molar-refractivity contribution in [2.45, 2.75) is 0 Å². The van der Waals surface area contributed by atoms with Gasteiger partial charge in [0.1, 0.15) is 0 Å². The normalized spacial score (nSPS) is 9.85. The number of rotatable bonds is 0. The summed E-state index contributed by atoms with van der Waals surface area (Å²) in [6.45, 7) is 0. The van der Waals surface area contributed by atoms with Gasteiger partial charge in [0.05, 0.1) is 11.6 Å².